The maximum Gasteiger partial charge on any atom is 0.237 e. The van der Waals surface area contributed by atoms with Gasteiger partial charge in [-0.1, -0.05) is 24.6 Å². The second kappa shape index (κ2) is 9.18. The molecule has 2 aromatic rings. The van der Waals surface area contributed by atoms with Gasteiger partial charge in [-0.05, 0) is 38.0 Å². The molecule has 132 valence electrons. The molecule has 0 aliphatic carbocycles. The molecule has 0 radical (unpaired) electrons. The monoisotopic (exact) mass is 360 g/mol. The van der Waals surface area contributed by atoms with Crippen LogP contribution in [0.25, 0.3) is 6.08 Å². The number of carbonyl (C=O) groups excluding carboxylic acids is 1. The van der Waals surface area contributed by atoms with Crippen LogP contribution in [-0.2, 0) is 4.79 Å². The maximum atomic E-state index is 11.1. The Balaban J connectivity index is 1.99. The van der Waals surface area contributed by atoms with Crippen molar-refractivity contribution < 1.29 is 14.3 Å². The van der Waals surface area contributed by atoms with Crippen LogP contribution in [0.5, 0.6) is 17.4 Å². The van der Waals surface area contributed by atoms with Crippen molar-refractivity contribution in [1.82, 2.24) is 9.97 Å². The number of carbonyl (C=O) groups is 1. The molecule has 2 rings (SSSR count). The molecule has 0 unspecified atom stereocenters. The highest BCUT2D eigenvalue weighted by atomic mass is 35.5. The highest BCUT2D eigenvalue weighted by molar-refractivity contribution is 6.32. The molecule has 0 saturated heterocycles. The average molecular weight is 361 g/mol. The highest BCUT2D eigenvalue weighted by Crippen LogP contribution is 2.30. The van der Waals surface area contributed by atoms with Gasteiger partial charge in [0, 0.05) is 12.5 Å². The van der Waals surface area contributed by atoms with Crippen molar-refractivity contribution in [3.05, 3.63) is 47.4 Å². The van der Waals surface area contributed by atoms with E-state index in [9.17, 15) is 4.79 Å². The van der Waals surface area contributed by atoms with Crippen LogP contribution in [0.1, 0.15) is 32.9 Å². The van der Waals surface area contributed by atoms with Crippen molar-refractivity contribution in [1.29, 1.82) is 0 Å². The van der Waals surface area contributed by atoms with Gasteiger partial charge >= 0.3 is 0 Å². The third-order valence-corrected chi connectivity index (χ3v) is 3.57. The SMILES string of the molecule is CCOc1ccc(Oc2cnc(/C=C/[C@H](C)CC(C)=O)cn2)cc1Cl. The highest BCUT2D eigenvalue weighted by Gasteiger charge is 2.06. The zero-order valence-corrected chi connectivity index (χ0v) is 15.3. The normalized spacial score (nSPS) is 12.2. The fourth-order valence-electron chi connectivity index (χ4n) is 2.19. The molecular weight excluding hydrogens is 340 g/mol. The topological polar surface area (TPSA) is 61.3 Å². The van der Waals surface area contributed by atoms with E-state index in [4.69, 9.17) is 21.1 Å². The summed E-state index contributed by atoms with van der Waals surface area (Å²) in [6.07, 6.45) is 7.46. The lowest BCUT2D eigenvalue weighted by Gasteiger charge is -2.08. The first-order valence-corrected chi connectivity index (χ1v) is 8.45. The number of aromatic nitrogens is 2. The Hall–Kier alpha value is -2.40. The molecule has 0 aliphatic rings. The summed E-state index contributed by atoms with van der Waals surface area (Å²) < 4.78 is 11.0. The third kappa shape index (κ3) is 6.19. The Bertz CT molecular complexity index is 745. The predicted molar refractivity (Wildman–Crippen MR) is 98.2 cm³/mol. The zero-order chi connectivity index (χ0) is 18.2. The van der Waals surface area contributed by atoms with Gasteiger partial charge in [0.05, 0.1) is 29.7 Å². The van der Waals surface area contributed by atoms with E-state index in [1.54, 1.807) is 37.5 Å². The van der Waals surface area contributed by atoms with E-state index in [0.29, 0.717) is 41.1 Å². The summed E-state index contributed by atoms with van der Waals surface area (Å²) in [5, 5.41) is 0.478. The fourth-order valence-corrected chi connectivity index (χ4v) is 2.41. The quantitative estimate of drug-likeness (QED) is 0.666. The van der Waals surface area contributed by atoms with Crippen molar-refractivity contribution in [3.8, 4) is 17.4 Å². The molecule has 0 spiro atoms. The van der Waals surface area contributed by atoms with Gasteiger partial charge < -0.3 is 14.3 Å². The lowest BCUT2D eigenvalue weighted by Crippen LogP contribution is -1.98. The van der Waals surface area contributed by atoms with Gasteiger partial charge in [-0.2, -0.15) is 0 Å². The Kier molecular flexibility index (Phi) is 6.95. The predicted octanol–water partition coefficient (Wildman–Crippen LogP) is 4.95. The number of Topliss-reactive ketones (excluding diaryl/α,β-unsaturated/α-hetero) is 1. The second-order valence-electron chi connectivity index (χ2n) is 5.65. The molecule has 1 atom stereocenters. The number of benzene rings is 1. The summed E-state index contributed by atoms with van der Waals surface area (Å²) in [5.41, 5.74) is 0.701. The minimum atomic E-state index is 0.168. The second-order valence-corrected chi connectivity index (χ2v) is 6.06. The smallest absolute Gasteiger partial charge is 0.237 e. The van der Waals surface area contributed by atoms with Crippen LogP contribution in [0, 0.1) is 5.92 Å². The molecule has 1 aromatic carbocycles. The van der Waals surface area contributed by atoms with Crippen LogP contribution in [0.15, 0.2) is 36.7 Å². The van der Waals surface area contributed by atoms with Crippen molar-refractivity contribution in [2.75, 3.05) is 6.61 Å². The molecule has 0 bridgehead atoms. The Morgan fingerprint density at radius 1 is 1.32 bits per heavy atom. The first-order valence-electron chi connectivity index (χ1n) is 8.07. The summed E-state index contributed by atoms with van der Waals surface area (Å²) in [6.45, 7) is 6.01. The van der Waals surface area contributed by atoms with Crippen LogP contribution >= 0.6 is 11.6 Å². The minimum Gasteiger partial charge on any atom is -0.492 e. The van der Waals surface area contributed by atoms with Gasteiger partial charge in [0.1, 0.15) is 17.3 Å². The largest absolute Gasteiger partial charge is 0.492 e. The molecule has 0 amide bonds. The number of halogens is 1. The van der Waals surface area contributed by atoms with Crippen molar-refractivity contribution in [2.24, 2.45) is 5.92 Å². The van der Waals surface area contributed by atoms with Gasteiger partial charge in [-0.15, -0.1) is 0 Å². The molecule has 5 nitrogen and oxygen atoms in total. The Morgan fingerprint density at radius 2 is 2.12 bits per heavy atom. The van der Waals surface area contributed by atoms with Gasteiger partial charge in [-0.25, -0.2) is 9.97 Å². The molecule has 25 heavy (non-hydrogen) atoms. The lowest BCUT2D eigenvalue weighted by atomic mass is 10.0. The molecule has 6 heteroatoms. The molecule has 0 aliphatic heterocycles. The fraction of sp³-hybridized carbons (Fsp3) is 0.316. The van der Waals surface area contributed by atoms with E-state index in [1.807, 2.05) is 26.0 Å². The maximum absolute atomic E-state index is 11.1. The van der Waals surface area contributed by atoms with Crippen molar-refractivity contribution in [3.63, 3.8) is 0 Å². The first kappa shape index (κ1) is 18.9. The summed E-state index contributed by atoms with van der Waals surface area (Å²) in [7, 11) is 0. The van der Waals surface area contributed by atoms with E-state index in [-0.39, 0.29) is 11.7 Å². The number of allylic oxidation sites excluding steroid dienone is 1. The summed E-state index contributed by atoms with van der Waals surface area (Å²) in [5.74, 6) is 1.88. The van der Waals surface area contributed by atoms with Crippen LogP contribution in [0.2, 0.25) is 5.02 Å². The number of hydrogen-bond donors (Lipinski definition) is 0. The van der Waals surface area contributed by atoms with Crippen LogP contribution in [0.3, 0.4) is 0 Å². The molecule has 1 heterocycles. The number of nitrogens with zero attached hydrogens (tertiary/aromatic N) is 2. The number of ether oxygens (including phenoxy) is 2. The lowest BCUT2D eigenvalue weighted by molar-refractivity contribution is -0.117. The molecule has 0 saturated carbocycles. The summed E-state index contributed by atoms with van der Waals surface area (Å²) >= 11 is 6.13. The molecule has 0 N–H and O–H groups in total. The van der Waals surface area contributed by atoms with E-state index in [1.165, 1.54) is 0 Å². The molecular formula is C19H21ClN2O3. The van der Waals surface area contributed by atoms with Gasteiger partial charge in [0.15, 0.2) is 0 Å². The van der Waals surface area contributed by atoms with Gasteiger partial charge in [0.2, 0.25) is 5.88 Å². The Labute approximate surface area is 152 Å². The zero-order valence-electron chi connectivity index (χ0n) is 14.5. The van der Waals surface area contributed by atoms with E-state index < -0.39 is 0 Å². The van der Waals surface area contributed by atoms with Crippen molar-refractivity contribution in [2.45, 2.75) is 27.2 Å². The average Bonchev–Trinajstić information content (AvgIpc) is 2.56. The molecule has 0 fully saturated rings. The first-order chi connectivity index (χ1) is 12.0. The van der Waals surface area contributed by atoms with Gasteiger partial charge in [0.25, 0.3) is 0 Å². The van der Waals surface area contributed by atoms with E-state index in [0.717, 1.165) is 0 Å². The third-order valence-electron chi connectivity index (χ3n) is 3.28. The van der Waals surface area contributed by atoms with E-state index in [2.05, 4.69) is 9.97 Å². The summed E-state index contributed by atoms with van der Waals surface area (Å²) in [6, 6.07) is 5.18. The minimum absolute atomic E-state index is 0.168. The van der Waals surface area contributed by atoms with E-state index >= 15 is 0 Å². The number of ketones is 1. The Morgan fingerprint density at radius 3 is 2.72 bits per heavy atom. The van der Waals surface area contributed by atoms with Crippen molar-refractivity contribution >= 4 is 23.5 Å². The molecule has 1 aromatic heterocycles. The van der Waals surface area contributed by atoms with Crippen LogP contribution < -0.4 is 9.47 Å². The van der Waals surface area contributed by atoms with Gasteiger partial charge in [-0.3, -0.25) is 0 Å². The number of hydrogen-bond acceptors (Lipinski definition) is 5. The standard InChI is InChI=1S/C19H21ClN2O3/c1-4-24-18-8-7-16(10-17(18)20)25-19-12-21-15(11-22-19)6-5-13(2)9-14(3)23/h5-8,10-13H,4,9H2,1-3H3/b6-5+/t13-/m0/s1. The van der Waals surface area contributed by atoms with Crippen LogP contribution in [-0.4, -0.2) is 22.4 Å². The number of rotatable bonds is 8. The van der Waals surface area contributed by atoms with Crippen LogP contribution in [0.4, 0.5) is 0 Å². The summed E-state index contributed by atoms with van der Waals surface area (Å²) in [4.78, 5) is 19.6.